The number of aliphatic hydroxyl groups excluding tert-OH is 1. The van der Waals surface area contributed by atoms with Gasteiger partial charge in [-0.05, 0) is 43.4 Å². The van der Waals surface area contributed by atoms with Crippen LogP contribution in [0.1, 0.15) is 363 Å². The monoisotopic (exact) mass is 1340 g/mol. The van der Waals surface area contributed by atoms with Gasteiger partial charge in [0.25, 0.3) is 0 Å². The average molecular weight is 1340 g/mol. The SMILES string of the molecule is CCCCCCCCCCC(=O)OC[C@H](COP(=O)(O)OC[C@H](O)COP(=O)(O)OC[C@@H](COC(=O)CCCCCCCCCCC(C)C)OC(=O)CCCCCCCCCCCCCCCCCCCCC(C)C)OC(=O)CCCCCCCCCCC(C)C. The molecule has 0 aromatic carbocycles. The van der Waals surface area contributed by atoms with Crippen LogP contribution >= 0.6 is 15.6 Å². The quantitative estimate of drug-likeness (QED) is 0.0222. The molecule has 0 aromatic rings. The minimum absolute atomic E-state index is 0.104. The Kier molecular flexibility index (Phi) is 61.5. The van der Waals surface area contributed by atoms with Crippen LogP contribution in [0.3, 0.4) is 0 Å². The smallest absolute Gasteiger partial charge is 0.462 e. The van der Waals surface area contributed by atoms with Crippen LogP contribution in [0, 0.1) is 17.8 Å². The summed E-state index contributed by atoms with van der Waals surface area (Å²) in [6.07, 6.45) is 47.5. The molecule has 0 amide bonds. The molecule has 0 spiro atoms. The van der Waals surface area contributed by atoms with Gasteiger partial charge in [-0.2, -0.15) is 0 Å². The van der Waals surface area contributed by atoms with E-state index in [4.69, 9.17) is 37.0 Å². The summed E-state index contributed by atoms with van der Waals surface area (Å²) in [5.74, 6) is 0.136. The zero-order valence-electron chi connectivity index (χ0n) is 59.3. The summed E-state index contributed by atoms with van der Waals surface area (Å²) in [5.41, 5.74) is 0. The molecule has 3 N–H and O–H groups in total. The fraction of sp³-hybridized carbons (Fsp3) is 0.944. The van der Waals surface area contributed by atoms with Gasteiger partial charge in [-0.3, -0.25) is 37.3 Å². The van der Waals surface area contributed by atoms with Gasteiger partial charge in [0.05, 0.1) is 26.4 Å². The van der Waals surface area contributed by atoms with Crippen LogP contribution in [0.25, 0.3) is 0 Å². The number of carbonyl (C=O) groups is 4. The summed E-state index contributed by atoms with van der Waals surface area (Å²) in [5, 5.41) is 10.6. The first-order valence-corrected chi connectivity index (χ1v) is 40.3. The second kappa shape index (κ2) is 62.8. The third-order valence-corrected chi connectivity index (χ3v) is 18.5. The fourth-order valence-corrected chi connectivity index (χ4v) is 12.5. The molecule has 0 aliphatic carbocycles. The van der Waals surface area contributed by atoms with Crippen molar-refractivity contribution in [2.45, 2.75) is 381 Å². The Morgan fingerprint density at radius 3 is 0.747 bits per heavy atom. The first-order chi connectivity index (χ1) is 43.7. The van der Waals surface area contributed by atoms with Gasteiger partial charge in [-0.15, -0.1) is 0 Å². The summed E-state index contributed by atoms with van der Waals surface area (Å²) >= 11 is 0. The number of ether oxygens (including phenoxy) is 4. The van der Waals surface area contributed by atoms with Gasteiger partial charge in [-0.25, -0.2) is 9.13 Å². The molecule has 0 aliphatic heterocycles. The number of phosphoric ester groups is 2. The molecule has 2 unspecified atom stereocenters. The van der Waals surface area contributed by atoms with E-state index in [1.807, 2.05) is 0 Å². The van der Waals surface area contributed by atoms with E-state index < -0.39 is 97.5 Å². The number of carbonyl (C=O) groups excluding carboxylic acids is 4. The van der Waals surface area contributed by atoms with Gasteiger partial charge in [0.15, 0.2) is 12.2 Å². The Hall–Kier alpha value is -1.94. The maximum Gasteiger partial charge on any atom is 0.472 e. The van der Waals surface area contributed by atoms with Crippen molar-refractivity contribution in [1.82, 2.24) is 0 Å². The maximum atomic E-state index is 13.0. The highest BCUT2D eigenvalue weighted by Gasteiger charge is 2.30. The van der Waals surface area contributed by atoms with Gasteiger partial charge in [0, 0.05) is 25.7 Å². The molecular weight excluding hydrogens is 1200 g/mol. The minimum atomic E-state index is -4.95. The van der Waals surface area contributed by atoms with Crippen molar-refractivity contribution in [3.8, 4) is 0 Å². The molecule has 0 saturated carbocycles. The Balaban J connectivity index is 5.15. The number of unbranched alkanes of at least 4 members (excludes halogenated alkanes) is 38. The topological polar surface area (TPSA) is 237 Å². The third-order valence-electron chi connectivity index (χ3n) is 16.6. The normalized spacial score (nSPS) is 14.2. The summed E-state index contributed by atoms with van der Waals surface area (Å²) in [4.78, 5) is 72.5. The van der Waals surface area contributed by atoms with E-state index in [9.17, 15) is 43.2 Å². The summed E-state index contributed by atoms with van der Waals surface area (Å²) in [6, 6.07) is 0. The highest BCUT2D eigenvalue weighted by Crippen LogP contribution is 2.45. The van der Waals surface area contributed by atoms with E-state index >= 15 is 0 Å². The molecule has 540 valence electrons. The van der Waals surface area contributed by atoms with E-state index in [1.165, 1.54) is 167 Å². The second-order valence-electron chi connectivity index (χ2n) is 27.4. The molecule has 0 radical (unpaired) electrons. The molecule has 0 rings (SSSR count). The van der Waals surface area contributed by atoms with Crippen molar-refractivity contribution in [3.63, 3.8) is 0 Å². The maximum absolute atomic E-state index is 13.0. The van der Waals surface area contributed by atoms with Crippen LogP contribution in [0.4, 0.5) is 0 Å². The summed E-state index contributed by atoms with van der Waals surface area (Å²) in [7, 11) is -9.90. The van der Waals surface area contributed by atoms with Crippen molar-refractivity contribution in [2.75, 3.05) is 39.6 Å². The van der Waals surface area contributed by atoms with Gasteiger partial charge < -0.3 is 33.8 Å². The first kappa shape index (κ1) is 89.1. The zero-order chi connectivity index (χ0) is 67.3. The second-order valence-corrected chi connectivity index (χ2v) is 30.3. The van der Waals surface area contributed by atoms with Gasteiger partial charge in [0.1, 0.15) is 19.3 Å². The minimum Gasteiger partial charge on any atom is -0.462 e. The van der Waals surface area contributed by atoms with Crippen LogP contribution in [0.2, 0.25) is 0 Å². The van der Waals surface area contributed by atoms with Crippen molar-refractivity contribution >= 4 is 39.5 Å². The van der Waals surface area contributed by atoms with Gasteiger partial charge in [0.2, 0.25) is 0 Å². The van der Waals surface area contributed by atoms with Gasteiger partial charge in [-0.1, -0.05) is 312 Å². The lowest BCUT2D eigenvalue weighted by Gasteiger charge is -2.21. The van der Waals surface area contributed by atoms with Gasteiger partial charge >= 0.3 is 39.5 Å². The Morgan fingerprint density at radius 1 is 0.297 bits per heavy atom. The number of hydrogen-bond acceptors (Lipinski definition) is 15. The molecule has 0 saturated heterocycles. The molecule has 19 heteroatoms. The average Bonchev–Trinajstić information content (AvgIpc) is 3.62. The Labute approximate surface area is 556 Å². The predicted octanol–water partition coefficient (Wildman–Crippen LogP) is 20.6. The molecule has 0 heterocycles. The molecule has 91 heavy (non-hydrogen) atoms. The van der Waals surface area contributed by atoms with Crippen LogP contribution in [-0.2, 0) is 65.4 Å². The molecule has 0 fully saturated rings. The third kappa shape index (κ3) is 66.5. The predicted molar refractivity (Wildman–Crippen MR) is 368 cm³/mol. The molecule has 17 nitrogen and oxygen atoms in total. The number of esters is 4. The summed E-state index contributed by atoms with van der Waals surface area (Å²) < 4.78 is 68.2. The number of aliphatic hydroxyl groups is 1. The number of phosphoric acid groups is 2. The van der Waals surface area contributed by atoms with Crippen molar-refractivity contribution in [1.29, 1.82) is 0 Å². The Bertz CT molecular complexity index is 1780. The molecule has 0 bridgehead atoms. The van der Waals surface area contributed by atoms with Crippen LogP contribution in [0.5, 0.6) is 0 Å². The zero-order valence-corrected chi connectivity index (χ0v) is 61.1. The lowest BCUT2D eigenvalue weighted by atomic mass is 10.0. The van der Waals surface area contributed by atoms with Crippen molar-refractivity contribution in [3.05, 3.63) is 0 Å². The molecule has 5 atom stereocenters. The highest BCUT2D eigenvalue weighted by atomic mass is 31.2. The molecule has 0 aromatic heterocycles. The number of hydrogen-bond donors (Lipinski definition) is 3. The lowest BCUT2D eigenvalue weighted by Crippen LogP contribution is -2.30. The van der Waals surface area contributed by atoms with E-state index in [0.717, 1.165) is 114 Å². The van der Waals surface area contributed by atoms with E-state index in [2.05, 4.69) is 48.5 Å². The van der Waals surface area contributed by atoms with Crippen LogP contribution < -0.4 is 0 Å². The fourth-order valence-electron chi connectivity index (χ4n) is 10.9. The van der Waals surface area contributed by atoms with Crippen molar-refractivity contribution in [2.24, 2.45) is 17.8 Å². The molecule has 0 aliphatic rings. The highest BCUT2D eigenvalue weighted by molar-refractivity contribution is 7.47. The lowest BCUT2D eigenvalue weighted by molar-refractivity contribution is -0.161. The van der Waals surface area contributed by atoms with E-state index in [1.54, 1.807) is 0 Å². The van der Waals surface area contributed by atoms with Crippen molar-refractivity contribution < 1.29 is 80.2 Å². The molecular formula is C72H140O17P2. The Morgan fingerprint density at radius 2 is 0.505 bits per heavy atom. The first-order valence-electron chi connectivity index (χ1n) is 37.3. The van der Waals surface area contributed by atoms with Crippen LogP contribution in [0.15, 0.2) is 0 Å². The standard InChI is InChI=1S/C72H140O17P2/c1-8-9-10-11-12-32-39-46-53-69(74)82-59-67(89-72(77)56-49-42-35-28-26-31-38-45-52-65(6)7)61-86-90(78,79)84-57-66(73)58-85-91(80,81)87-62-68(60-83-70(75)54-47-40-33-27-25-30-37-44-51-64(4)5)88-71(76)55-48-41-34-24-22-20-18-16-14-13-15-17-19-21-23-29-36-43-50-63(2)3/h63-68,73H,8-62H2,1-7H3,(H,78,79)(H,80,81)/t66-,67+,68+/m0/s1. The number of rotatable bonds is 70. The van der Waals surface area contributed by atoms with Crippen LogP contribution in [-0.4, -0.2) is 96.7 Å². The summed E-state index contributed by atoms with van der Waals surface area (Å²) in [6.45, 7) is 11.8. The largest absolute Gasteiger partial charge is 0.472 e. The van der Waals surface area contributed by atoms with E-state index in [-0.39, 0.29) is 25.7 Å². The van der Waals surface area contributed by atoms with E-state index in [0.29, 0.717) is 25.7 Å².